The first-order valence-corrected chi connectivity index (χ1v) is 5.20. The van der Waals surface area contributed by atoms with Gasteiger partial charge in [0.05, 0.1) is 21.2 Å². The van der Waals surface area contributed by atoms with Gasteiger partial charge >= 0.3 is 0 Å². The topological polar surface area (TPSA) is 55.1 Å². The number of halogens is 2. The Morgan fingerprint density at radius 3 is 2.86 bits per heavy atom. The molecule has 14 heavy (non-hydrogen) atoms. The normalized spacial score (nSPS) is 12.3. The molecule has 0 radical (unpaired) electrons. The first-order chi connectivity index (χ1) is 6.52. The second-order valence-electron chi connectivity index (χ2n) is 2.88. The molecule has 1 rings (SSSR count). The molecular formula is C9H10BrClN2O. The molecule has 0 spiro atoms. The number of anilines is 1. The molecule has 0 heterocycles. The Bertz CT molecular complexity index is 355. The van der Waals surface area contributed by atoms with E-state index in [0.29, 0.717) is 15.2 Å². The predicted molar refractivity (Wildman–Crippen MR) is 61.4 cm³/mol. The lowest BCUT2D eigenvalue weighted by molar-refractivity contribution is -0.117. The van der Waals surface area contributed by atoms with Crippen molar-refractivity contribution in [2.45, 2.75) is 13.0 Å². The number of hydrogen-bond acceptors (Lipinski definition) is 2. The molecule has 76 valence electrons. The number of hydrogen-bond donors (Lipinski definition) is 2. The van der Waals surface area contributed by atoms with Crippen LogP contribution < -0.4 is 11.1 Å². The average molecular weight is 278 g/mol. The van der Waals surface area contributed by atoms with Gasteiger partial charge in [-0.1, -0.05) is 17.7 Å². The third-order valence-electron chi connectivity index (χ3n) is 1.62. The highest BCUT2D eigenvalue weighted by molar-refractivity contribution is 9.10. The lowest BCUT2D eigenvalue weighted by atomic mass is 10.3. The summed E-state index contributed by atoms with van der Waals surface area (Å²) in [6.45, 7) is 1.62. The van der Waals surface area contributed by atoms with E-state index in [0.717, 1.165) is 0 Å². The maximum Gasteiger partial charge on any atom is 0.241 e. The molecule has 1 aromatic rings. The summed E-state index contributed by atoms with van der Waals surface area (Å²) in [5.41, 5.74) is 6.04. The van der Waals surface area contributed by atoms with Crippen molar-refractivity contribution in [2.24, 2.45) is 5.73 Å². The molecule has 0 bridgehead atoms. The van der Waals surface area contributed by atoms with E-state index in [4.69, 9.17) is 17.3 Å². The quantitative estimate of drug-likeness (QED) is 0.872. The van der Waals surface area contributed by atoms with E-state index in [9.17, 15) is 4.79 Å². The van der Waals surface area contributed by atoms with Crippen LogP contribution in [0.5, 0.6) is 0 Å². The number of rotatable bonds is 2. The van der Waals surface area contributed by atoms with Gasteiger partial charge < -0.3 is 11.1 Å². The highest BCUT2D eigenvalue weighted by Gasteiger charge is 2.10. The van der Waals surface area contributed by atoms with E-state index >= 15 is 0 Å². The van der Waals surface area contributed by atoms with E-state index in [-0.39, 0.29) is 5.91 Å². The minimum atomic E-state index is -0.541. The molecule has 0 saturated carbocycles. The van der Waals surface area contributed by atoms with Crippen LogP contribution in [0.1, 0.15) is 6.92 Å². The molecule has 3 N–H and O–H groups in total. The standard InChI is InChI=1S/C9H10BrClN2O/c1-5(12)9(14)13-7-4-2-3-6(11)8(7)10/h2-5H,12H2,1H3,(H,13,14). The van der Waals surface area contributed by atoms with Crippen LogP contribution in [-0.4, -0.2) is 11.9 Å². The first-order valence-electron chi connectivity index (χ1n) is 4.03. The van der Waals surface area contributed by atoms with E-state index in [2.05, 4.69) is 21.2 Å². The van der Waals surface area contributed by atoms with Crippen LogP contribution >= 0.6 is 27.5 Å². The zero-order valence-electron chi connectivity index (χ0n) is 7.55. The Labute approximate surface area is 95.7 Å². The fraction of sp³-hybridized carbons (Fsp3) is 0.222. The van der Waals surface area contributed by atoms with Gasteiger partial charge in [0.1, 0.15) is 0 Å². The van der Waals surface area contributed by atoms with Gasteiger partial charge in [-0.2, -0.15) is 0 Å². The molecule has 1 unspecified atom stereocenters. The SMILES string of the molecule is CC(N)C(=O)Nc1cccc(Cl)c1Br. The second kappa shape index (κ2) is 4.77. The lowest BCUT2D eigenvalue weighted by Gasteiger charge is -2.09. The molecule has 1 atom stereocenters. The number of nitrogens with two attached hydrogens (primary N) is 1. The summed E-state index contributed by atoms with van der Waals surface area (Å²) >= 11 is 9.12. The van der Waals surface area contributed by atoms with Crippen molar-refractivity contribution in [2.75, 3.05) is 5.32 Å². The molecule has 0 aromatic heterocycles. The summed E-state index contributed by atoms with van der Waals surface area (Å²) < 4.78 is 0.663. The van der Waals surface area contributed by atoms with Gasteiger partial charge in [0.25, 0.3) is 0 Å². The van der Waals surface area contributed by atoms with Crippen LogP contribution in [0.25, 0.3) is 0 Å². The van der Waals surface area contributed by atoms with Crippen molar-refractivity contribution in [3.8, 4) is 0 Å². The molecule has 5 heteroatoms. The van der Waals surface area contributed by atoms with Crippen molar-refractivity contribution >= 4 is 39.1 Å². The van der Waals surface area contributed by atoms with Crippen LogP contribution in [0.4, 0.5) is 5.69 Å². The van der Waals surface area contributed by atoms with Crippen LogP contribution in [0.2, 0.25) is 5.02 Å². The Morgan fingerprint density at radius 1 is 1.64 bits per heavy atom. The molecule has 0 aliphatic heterocycles. The Hall–Kier alpha value is -0.580. The fourth-order valence-corrected chi connectivity index (χ4v) is 1.38. The van der Waals surface area contributed by atoms with Crippen molar-refractivity contribution in [1.82, 2.24) is 0 Å². The van der Waals surface area contributed by atoms with Crippen LogP contribution in [-0.2, 0) is 4.79 Å². The Balaban J connectivity index is 2.87. The second-order valence-corrected chi connectivity index (χ2v) is 4.08. The molecule has 1 amide bonds. The number of nitrogens with one attached hydrogen (secondary N) is 1. The monoisotopic (exact) mass is 276 g/mol. The van der Waals surface area contributed by atoms with E-state index in [1.54, 1.807) is 25.1 Å². The van der Waals surface area contributed by atoms with Crippen molar-refractivity contribution < 1.29 is 4.79 Å². The molecule has 0 aliphatic carbocycles. The molecular weight excluding hydrogens is 267 g/mol. The average Bonchev–Trinajstić information content (AvgIpc) is 2.12. The zero-order chi connectivity index (χ0) is 10.7. The fourth-order valence-electron chi connectivity index (χ4n) is 0.847. The number of benzene rings is 1. The maximum atomic E-state index is 11.3. The Kier molecular flexibility index (Phi) is 3.92. The number of carbonyl (C=O) groups excluding carboxylic acids is 1. The summed E-state index contributed by atoms with van der Waals surface area (Å²) in [6.07, 6.45) is 0. The Morgan fingerprint density at radius 2 is 2.29 bits per heavy atom. The van der Waals surface area contributed by atoms with Gasteiger partial charge in [0, 0.05) is 0 Å². The number of carbonyl (C=O) groups is 1. The van der Waals surface area contributed by atoms with Gasteiger partial charge in [0.2, 0.25) is 5.91 Å². The van der Waals surface area contributed by atoms with Crippen LogP contribution in [0.3, 0.4) is 0 Å². The smallest absolute Gasteiger partial charge is 0.241 e. The van der Waals surface area contributed by atoms with E-state index in [1.807, 2.05) is 0 Å². The van der Waals surface area contributed by atoms with E-state index in [1.165, 1.54) is 0 Å². The third-order valence-corrected chi connectivity index (χ3v) is 3.02. The van der Waals surface area contributed by atoms with Gasteiger partial charge in [-0.15, -0.1) is 0 Å². The minimum absolute atomic E-state index is 0.243. The third kappa shape index (κ3) is 2.70. The van der Waals surface area contributed by atoms with E-state index < -0.39 is 6.04 Å². The predicted octanol–water partition coefficient (Wildman–Crippen LogP) is 2.39. The summed E-state index contributed by atoms with van der Waals surface area (Å²) in [6, 6.07) is 4.69. The summed E-state index contributed by atoms with van der Waals surface area (Å²) in [4.78, 5) is 11.3. The number of amides is 1. The largest absolute Gasteiger partial charge is 0.324 e. The summed E-state index contributed by atoms with van der Waals surface area (Å²) in [5, 5.41) is 3.20. The summed E-state index contributed by atoms with van der Waals surface area (Å²) in [5.74, 6) is -0.243. The van der Waals surface area contributed by atoms with Gasteiger partial charge in [-0.05, 0) is 35.0 Å². The van der Waals surface area contributed by atoms with Crippen LogP contribution in [0, 0.1) is 0 Å². The molecule has 3 nitrogen and oxygen atoms in total. The molecule has 1 aromatic carbocycles. The van der Waals surface area contributed by atoms with Crippen LogP contribution in [0.15, 0.2) is 22.7 Å². The molecule has 0 aliphatic rings. The summed E-state index contributed by atoms with van der Waals surface area (Å²) in [7, 11) is 0. The zero-order valence-corrected chi connectivity index (χ0v) is 9.89. The van der Waals surface area contributed by atoms with Gasteiger partial charge in [-0.3, -0.25) is 4.79 Å². The minimum Gasteiger partial charge on any atom is -0.324 e. The van der Waals surface area contributed by atoms with Gasteiger partial charge in [-0.25, -0.2) is 0 Å². The maximum absolute atomic E-state index is 11.3. The highest BCUT2D eigenvalue weighted by atomic mass is 79.9. The molecule has 0 saturated heterocycles. The van der Waals surface area contributed by atoms with Gasteiger partial charge in [0.15, 0.2) is 0 Å². The first kappa shape index (κ1) is 11.5. The van der Waals surface area contributed by atoms with Crippen molar-refractivity contribution in [1.29, 1.82) is 0 Å². The highest BCUT2D eigenvalue weighted by Crippen LogP contribution is 2.29. The molecule has 0 fully saturated rings. The van der Waals surface area contributed by atoms with Crippen molar-refractivity contribution in [3.05, 3.63) is 27.7 Å². The lowest BCUT2D eigenvalue weighted by Crippen LogP contribution is -2.32. The van der Waals surface area contributed by atoms with Crippen molar-refractivity contribution in [3.63, 3.8) is 0 Å².